The second-order valence-corrected chi connectivity index (χ2v) is 25.2. The number of hydrogen-bond donors (Lipinski definition) is 9. The Hall–Kier alpha value is -9.02. The number of fused-ring (bicyclic) bond motifs is 2. The number of phosphoric acid groups is 2. The average molecular weight is 1360 g/mol. The number of ether oxygens (including phenoxy) is 5. The van der Waals surface area contributed by atoms with Crippen molar-refractivity contribution in [2.24, 2.45) is 15.2 Å². The number of anilines is 1. The number of nitrogens with one attached hydrogen (secondary N) is 5. The van der Waals surface area contributed by atoms with Crippen molar-refractivity contribution in [3.8, 4) is 40.0 Å². The molecule has 1 saturated heterocycles. The maximum Gasteiger partial charge on any atom is 0.488 e. The molecule has 0 bridgehead atoms. The van der Waals surface area contributed by atoms with Crippen LogP contribution < -0.4 is 42.6 Å². The first-order valence-corrected chi connectivity index (χ1v) is 33.3. The number of benzene rings is 4. The standard InChI is InChI=1S/C56H64N13O22P3/c1-6-59-42-24-44-40(20-32(42)3)51(41-21-33(4)43(60-7-2)25-45(41)88-44)39-23-35(13-14-38(39)55(74)75)53(72)63-17-16-62-52(71)34-10-8-12-37(22-34)85-30-49(66-68-58)84-19-18-83-29-48(70)61-15-9-11-36-27-69(56(76)65-54(36)73)50-26-46(86-31-64-67-57)47(89-50)28-87-93(79,80)91-94(81,82)90-92(5,77)78/h8,10,12-14,20-25,27,46-47,49-50,59H,6-7,15-19,26,28-31H2,1-5H3,(H,61,70)(H,62,71)(H,63,72)(H,74,75)(H,77,78)(H,79,80)(H,81,82)(H,65,73,76)/b60-43-/t46?,47-,49?,50-/m1/s1. The van der Waals surface area contributed by atoms with Crippen LogP contribution in [0, 0.1) is 25.7 Å². The Morgan fingerprint density at radius 2 is 1.64 bits per heavy atom. The van der Waals surface area contributed by atoms with E-state index in [1.54, 1.807) is 12.1 Å². The number of H-pyrrole nitrogens is 1. The number of rotatable bonds is 32. The SMILES string of the molecule is CC/N=c1/cc2oc3cc(NCC)c(C)cc3c(-c3cc(C(=O)NCCNC(=O)c4cccc(OCC(N=[N+]=[N-])OCCOCC(=O)NCC#Cc5cn([C@H]6CC(OCN=[N+]=[N-])[C@@H](COP(=O)(O)OP(=O)(O)OP(C)(=O)O)O6)c(=O)[nH]c5=O)c4)ccc3C(=O)O)c-2cc1C. The molecule has 7 atom stereocenters. The fourth-order valence-corrected chi connectivity index (χ4v) is 12.8. The zero-order chi connectivity index (χ0) is 68.3. The number of aromatic amines is 1. The zero-order valence-electron chi connectivity index (χ0n) is 50.8. The van der Waals surface area contributed by atoms with E-state index in [1.807, 2.05) is 56.9 Å². The van der Waals surface area contributed by atoms with Crippen molar-refractivity contribution >= 4 is 63.6 Å². The Kier molecular flexibility index (Phi) is 25.6. The summed E-state index contributed by atoms with van der Waals surface area (Å²) in [7, 11) is -15.8. The van der Waals surface area contributed by atoms with Gasteiger partial charge in [0.1, 0.15) is 54.9 Å². The van der Waals surface area contributed by atoms with E-state index in [0.29, 0.717) is 53.2 Å². The maximum absolute atomic E-state index is 13.7. The summed E-state index contributed by atoms with van der Waals surface area (Å²) < 4.78 is 83.6. The van der Waals surface area contributed by atoms with Gasteiger partial charge >= 0.3 is 34.9 Å². The summed E-state index contributed by atoms with van der Waals surface area (Å²) >= 11 is 0. The summed E-state index contributed by atoms with van der Waals surface area (Å²) in [5, 5.41) is 29.9. The van der Waals surface area contributed by atoms with E-state index in [-0.39, 0.29) is 73.9 Å². The number of aromatic nitrogens is 2. The number of carbonyl (C=O) groups is 4. The zero-order valence-corrected chi connectivity index (χ0v) is 53.5. The number of azide groups is 2. The predicted octanol–water partition coefficient (Wildman–Crippen LogP) is 6.10. The van der Waals surface area contributed by atoms with Gasteiger partial charge in [-0.15, -0.1) is 0 Å². The first kappa shape index (κ1) is 72.4. The van der Waals surface area contributed by atoms with E-state index in [2.05, 4.69) is 66.8 Å². The third-order valence-corrected chi connectivity index (χ3v) is 17.5. The van der Waals surface area contributed by atoms with Crippen molar-refractivity contribution in [3.63, 3.8) is 0 Å². The second-order valence-electron chi connectivity index (χ2n) is 20.2. The van der Waals surface area contributed by atoms with E-state index in [1.165, 1.54) is 30.3 Å². The predicted molar refractivity (Wildman–Crippen MR) is 333 cm³/mol. The molecule has 0 spiro atoms. The number of hydrogen-bond acceptors (Lipinski definition) is 22. The van der Waals surface area contributed by atoms with Gasteiger partial charge in [-0.25, -0.2) is 23.0 Å². The number of carboxylic acid groups (broad SMARTS) is 1. The van der Waals surface area contributed by atoms with Gasteiger partial charge in [-0.3, -0.25) is 42.8 Å². The molecule has 3 aliphatic rings. The molecule has 7 rings (SSSR count). The Morgan fingerprint density at radius 3 is 2.33 bits per heavy atom. The van der Waals surface area contributed by atoms with Crippen LogP contribution in [0.5, 0.6) is 5.75 Å². The van der Waals surface area contributed by atoms with Crippen LogP contribution in [0.25, 0.3) is 54.3 Å². The number of carboxylic acids is 1. The molecule has 35 nitrogen and oxygen atoms in total. The van der Waals surface area contributed by atoms with E-state index >= 15 is 0 Å². The lowest BCUT2D eigenvalue weighted by Crippen LogP contribution is -2.34. The number of amides is 3. The molecule has 500 valence electrons. The number of carbonyl (C=O) groups excluding carboxylic acids is 3. The molecule has 3 heterocycles. The molecule has 0 saturated carbocycles. The van der Waals surface area contributed by atoms with Gasteiger partial charge in [-0.2, -0.15) is 4.31 Å². The fourth-order valence-electron chi connectivity index (χ4n) is 9.31. The van der Waals surface area contributed by atoms with Crippen LogP contribution in [0.3, 0.4) is 0 Å². The smallest absolute Gasteiger partial charge is 0.488 e. The topological polar surface area (TPSA) is 500 Å². The molecule has 94 heavy (non-hydrogen) atoms. The molecule has 38 heteroatoms. The van der Waals surface area contributed by atoms with Crippen LogP contribution in [-0.2, 0) is 50.6 Å². The average Bonchev–Trinajstić information content (AvgIpc) is 0.859. The molecular formula is C56H64N13O22P3. The van der Waals surface area contributed by atoms with Crippen molar-refractivity contribution in [3.05, 3.63) is 153 Å². The van der Waals surface area contributed by atoms with Gasteiger partial charge in [-0.1, -0.05) is 28.1 Å². The molecule has 2 aliphatic heterocycles. The van der Waals surface area contributed by atoms with Crippen LogP contribution in [-0.4, -0.2) is 151 Å². The minimum atomic E-state index is -5.62. The third kappa shape index (κ3) is 20.5. The molecule has 9 N–H and O–H groups in total. The second kappa shape index (κ2) is 33.2. The van der Waals surface area contributed by atoms with Crippen molar-refractivity contribution in [2.75, 3.05) is 84.5 Å². The Labute approximate surface area is 533 Å². The van der Waals surface area contributed by atoms with Gasteiger partial charge < -0.3 is 69.2 Å². The summed E-state index contributed by atoms with van der Waals surface area (Å²) in [5.41, 5.74) is 20.5. The van der Waals surface area contributed by atoms with Gasteiger partial charge in [-0.05, 0) is 104 Å². The van der Waals surface area contributed by atoms with Crippen LogP contribution >= 0.6 is 23.2 Å². The van der Waals surface area contributed by atoms with Gasteiger partial charge in [0.05, 0.1) is 43.4 Å². The molecule has 4 aromatic rings. The fraction of sp³-hybridized carbons (Fsp3) is 0.375. The lowest BCUT2D eigenvalue weighted by atomic mass is 9.88. The third-order valence-electron chi connectivity index (χ3n) is 13.3. The van der Waals surface area contributed by atoms with Crippen molar-refractivity contribution in [1.29, 1.82) is 0 Å². The normalized spacial score (nSPS) is 16.8. The summed E-state index contributed by atoms with van der Waals surface area (Å²) in [4.78, 5) is 119. The Morgan fingerprint density at radius 1 is 0.894 bits per heavy atom. The molecule has 5 unspecified atom stereocenters. The molecule has 1 aliphatic carbocycles. The molecule has 1 aromatic heterocycles. The first-order valence-electron chi connectivity index (χ1n) is 28.3. The van der Waals surface area contributed by atoms with Gasteiger partial charge in [0.15, 0.2) is 6.23 Å². The molecule has 0 radical (unpaired) electrons. The lowest BCUT2D eigenvalue weighted by molar-refractivity contribution is -0.126. The summed E-state index contributed by atoms with van der Waals surface area (Å²) in [5.74, 6) is 2.85. The minimum absolute atomic E-state index is 0.000312. The molecule has 1 fully saturated rings. The van der Waals surface area contributed by atoms with Gasteiger partial charge in [0, 0.05) is 101 Å². The molecule has 3 aromatic carbocycles. The maximum atomic E-state index is 13.7. The summed E-state index contributed by atoms with van der Waals surface area (Å²) in [6, 6.07) is 17.9. The molecular weight excluding hydrogens is 1300 g/mol. The quantitative estimate of drug-likeness (QED) is 0.00438. The molecule has 3 amide bonds. The number of aryl methyl sites for hydroxylation is 2. The van der Waals surface area contributed by atoms with E-state index in [4.69, 9.17) is 43.7 Å². The number of aromatic carboxylic acids is 1. The number of phosphoric ester groups is 1. The summed E-state index contributed by atoms with van der Waals surface area (Å²) in [6.45, 7) is 6.45. The largest absolute Gasteiger partial charge is 0.491 e. The van der Waals surface area contributed by atoms with Crippen LogP contribution in [0.2, 0.25) is 0 Å². The van der Waals surface area contributed by atoms with Crippen molar-refractivity contribution in [2.45, 2.75) is 58.8 Å². The van der Waals surface area contributed by atoms with Gasteiger partial charge in [0.25, 0.3) is 17.4 Å². The van der Waals surface area contributed by atoms with Crippen molar-refractivity contribution in [1.82, 2.24) is 25.5 Å². The highest BCUT2D eigenvalue weighted by Crippen LogP contribution is 2.66. The first-order chi connectivity index (χ1) is 44.7. The monoisotopic (exact) mass is 1360 g/mol. The highest BCUT2D eigenvalue weighted by molar-refractivity contribution is 7.68. The van der Waals surface area contributed by atoms with E-state index < -0.39 is 103 Å². The van der Waals surface area contributed by atoms with E-state index in [9.17, 15) is 62.2 Å². The van der Waals surface area contributed by atoms with Gasteiger partial charge in [0.2, 0.25) is 5.91 Å². The Balaban J connectivity index is 0.861. The highest BCUT2D eigenvalue weighted by Gasteiger charge is 2.43. The summed E-state index contributed by atoms with van der Waals surface area (Å²) in [6.07, 6.45) is -4.26. The van der Waals surface area contributed by atoms with Crippen LogP contribution in [0.15, 0.2) is 102 Å². The Bertz CT molecular complexity index is 4300. The van der Waals surface area contributed by atoms with Crippen LogP contribution in [0.4, 0.5) is 5.69 Å². The minimum Gasteiger partial charge on any atom is -0.491 e. The van der Waals surface area contributed by atoms with E-state index in [0.717, 1.165) is 32.9 Å². The lowest BCUT2D eigenvalue weighted by Gasteiger charge is -2.21. The van der Waals surface area contributed by atoms with Crippen LogP contribution in [0.1, 0.15) is 74.3 Å². The highest BCUT2D eigenvalue weighted by atomic mass is 31.3. The van der Waals surface area contributed by atoms with Crippen molar-refractivity contribution < 1.29 is 93.9 Å². The number of nitrogens with zero attached hydrogens (tertiary/aromatic N) is 8.